The largest absolute Gasteiger partial charge is 0.390 e. The Balaban J connectivity index is 3.32. The molecule has 0 unspecified atom stereocenters. The van der Waals surface area contributed by atoms with Gasteiger partial charge in [-0.15, -0.1) is 11.3 Å². The van der Waals surface area contributed by atoms with Crippen molar-refractivity contribution in [1.82, 2.24) is 0 Å². The lowest BCUT2D eigenvalue weighted by molar-refractivity contribution is 0.112. The number of hydrogen-bond donors (Lipinski definition) is 2. The molecule has 0 fully saturated rings. The Hall–Kier alpha value is -0.920. The van der Waals surface area contributed by atoms with Crippen molar-refractivity contribution in [1.29, 1.82) is 0 Å². The molecule has 0 radical (unpaired) electrons. The van der Waals surface area contributed by atoms with Crippen molar-refractivity contribution in [2.24, 2.45) is 5.14 Å². The van der Waals surface area contributed by atoms with Crippen LogP contribution in [0.25, 0.3) is 0 Å². The minimum absolute atomic E-state index is 0.0953. The van der Waals surface area contributed by atoms with Crippen LogP contribution in [0, 0.1) is 0 Å². The molecule has 0 aliphatic rings. The molecule has 1 aromatic heterocycles. The molecule has 0 spiro atoms. The van der Waals surface area contributed by atoms with Crippen LogP contribution in [0.15, 0.2) is 10.3 Å². The molecule has 7 heteroatoms. The smallest absolute Gasteiger partial charge is 0.247 e. The standard InChI is InChI=1S/C5H6N2O3S2/c6-5-3(2-8)1-4(11-5)12(7,9)10/h1-2H,6H2,(H2,7,9,10). The first-order valence-corrected chi connectivity index (χ1v) is 5.18. The van der Waals surface area contributed by atoms with Gasteiger partial charge in [0.1, 0.15) is 4.21 Å². The molecular weight excluding hydrogens is 200 g/mol. The second kappa shape index (κ2) is 2.85. The summed E-state index contributed by atoms with van der Waals surface area (Å²) in [5.41, 5.74) is 5.47. The molecule has 4 N–H and O–H groups in total. The molecular formula is C5H6N2O3S2. The third-order valence-corrected chi connectivity index (χ3v) is 3.58. The van der Waals surface area contributed by atoms with E-state index in [1.165, 1.54) is 0 Å². The fourth-order valence-electron chi connectivity index (χ4n) is 0.627. The molecule has 1 heterocycles. The van der Waals surface area contributed by atoms with E-state index in [0.717, 1.165) is 17.4 Å². The normalized spacial score (nSPS) is 11.4. The SMILES string of the molecule is Nc1sc(S(N)(=O)=O)cc1C=O. The summed E-state index contributed by atoms with van der Waals surface area (Å²) in [7, 11) is -3.73. The van der Waals surface area contributed by atoms with Gasteiger partial charge in [-0.25, -0.2) is 13.6 Å². The molecule has 0 saturated heterocycles. The Morgan fingerprint density at radius 2 is 2.08 bits per heavy atom. The van der Waals surface area contributed by atoms with E-state index in [0.29, 0.717) is 6.29 Å². The first kappa shape index (κ1) is 9.17. The first-order valence-electron chi connectivity index (χ1n) is 2.82. The lowest BCUT2D eigenvalue weighted by atomic mass is 10.4. The summed E-state index contributed by atoms with van der Waals surface area (Å²) in [6.45, 7) is 0. The number of thiophene rings is 1. The molecule has 0 bridgehead atoms. The zero-order chi connectivity index (χ0) is 9.35. The van der Waals surface area contributed by atoms with Crippen molar-refractivity contribution in [2.75, 3.05) is 5.73 Å². The van der Waals surface area contributed by atoms with Crippen LogP contribution in [-0.2, 0) is 10.0 Å². The minimum Gasteiger partial charge on any atom is -0.390 e. The Bertz CT molecular complexity index is 406. The maximum atomic E-state index is 10.7. The monoisotopic (exact) mass is 206 g/mol. The van der Waals surface area contributed by atoms with Gasteiger partial charge in [0, 0.05) is 5.56 Å². The fourth-order valence-corrected chi connectivity index (χ4v) is 2.28. The lowest BCUT2D eigenvalue weighted by Crippen LogP contribution is -2.09. The van der Waals surface area contributed by atoms with Crippen LogP contribution in [0.1, 0.15) is 10.4 Å². The quantitative estimate of drug-likeness (QED) is 0.653. The molecule has 0 saturated carbocycles. The Labute approximate surface area is 73.0 Å². The summed E-state index contributed by atoms with van der Waals surface area (Å²) in [4.78, 5) is 10.3. The predicted molar refractivity (Wildman–Crippen MR) is 45.5 cm³/mol. The van der Waals surface area contributed by atoms with Crippen LogP contribution in [0.2, 0.25) is 0 Å². The van der Waals surface area contributed by atoms with Gasteiger partial charge in [0.15, 0.2) is 6.29 Å². The highest BCUT2D eigenvalue weighted by Crippen LogP contribution is 2.26. The van der Waals surface area contributed by atoms with Gasteiger partial charge in [0.25, 0.3) is 0 Å². The van der Waals surface area contributed by atoms with E-state index in [1.807, 2.05) is 0 Å². The van der Waals surface area contributed by atoms with Crippen LogP contribution in [0.5, 0.6) is 0 Å². The van der Waals surface area contributed by atoms with E-state index in [4.69, 9.17) is 10.9 Å². The van der Waals surface area contributed by atoms with E-state index in [2.05, 4.69) is 0 Å². The van der Waals surface area contributed by atoms with Gasteiger partial charge in [-0.05, 0) is 6.07 Å². The Morgan fingerprint density at radius 1 is 1.50 bits per heavy atom. The number of anilines is 1. The molecule has 5 nitrogen and oxygen atoms in total. The lowest BCUT2D eigenvalue weighted by Gasteiger charge is -1.87. The average Bonchev–Trinajstić information content (AvgIpc) is 2.29. The van der Waals surface area contributed by atoms with Crippen molar-refractivity contribution in [3.05, 3.63) is 11.6 Å². The topological polar surface area (TPSA) is 103 Å². The van der Waals surface area contributed by atoms with E-state index in [1.54, 1.807) is 0 Å². The summed E-state index contributed by atoms with van der Waals surface area (Å²) in [6, 6.07) is 1.16. The van der Waals surface area contributed by atoms with Crippen molar-refractivity contribution in [3.63, 3.8) is 0 Å². The van der Waals surface area contributed by atoms with Crippen LogP contribution in [0.3, 0.4) is 0 Å². The summed E-state index contributed by atoms with van der Waals surface area (Å²) in [5, 5.41) is 4.97. The van der Waals surface area contributed by atoms with Crippen LogP contribution >= 0.6 is 11.3 Å². The van der Waals surface area contributed by atoms with Crippen molar-refractivity contribution in [2.45, 2.75) is 4.21 Å². The minimum atomic E-state index is -3.73. The summed E-state index contributed by atoms with van der Waals surface area (Å²) in [6.07, 6.45) is 0.487. The summed E-state index contributed by atoms with van der Waals surface area (Å²) in [5.74, 6) is 0. The molecule has 0 aliphatic carbocycles. The van der Waals surface area contributed by atoms with Crippen LogP contribution in [-0.4, -0.2) is 14.7 Å². The number of aldehydes is 1. The van der Waals surface area contributed by atoms with Gasteiger partial charge in [0.2, 0.25) is 10.0 Å². The predicted octanol–water partition coefficient (Wildman–Crippen LogP) is -0.210. The van der Waals surface area contributed by atoms with E-state index >= 15 is 0 Å². The Kier molecular flexibility index (Phi) is 2.18. The number of carbonyl (C=O) groups excluding carboxylic acids is 1. The van der Waals surface area contributed by atoms with E-state index in [-0.39, 0.29) is 14.8 Å². The summed E-state index contributed by atoms with van der Waals surface area (Å²) >= 11 is 0.779. The van der Waals surface area contributed by atoms with Gasteiger partial charge in [-0.2, -0.15) is 0 Å². The molecule has 12 heavy (non-hydrogen) atoms. The van der Waals surface area contributed by atoms with E-state index < -0.39 is 10.0 Å². The number of carbonyl (C=O) groups is 1. The second-order valence-electron chi connectivity index (χ2n) is 2.05. The molecule has 0 atom stereocenters. The molecule has 1 aromatic rings. The average molecular weight is 206 g/mol. The zero-order valence-corrected chi connectivity index (χ0v) is 7.48. The van der Waals surface area contributed by atoms with Crippen LogP contribution < -0.4 is 10.9 Å². The number of sulfonamides is 1. The molecule has 0 aromatic carbocycles. The number of primary sulfonamides is 1. The third kappa shape index (κ3) is 1.63. The van der Waals surface area contributed by atoms with Gasteiger partial charge in [-0.3, -0.25) is 4.79 Å². The molecule has 0 aliphatic heterocycles. The van der Waals surface area contributed by atoms with Gasteiger partial charge >= 0.3 is 0 Å². The van der Waals surface area contributed by atoms with Crippen molar-refractivity contribution in [3.8, 4) is 0 Å². The molecule has 66 valence electrons. The van der Waals surface area contributed by atoms with Gasteiger partial charge in [0.05, 0.1) is 5.00 Å². The summed E-state index contributed by atoms with van der Waals surface area (Å²) < 4.78 is 21.4. The highest BCUT2D eigenvalue weighted by molar-refractivity contribution is 7.91. The Morgan fingerprint density at radius 3 is 2.33 bits per heavy atom. The van der Waals surface area contributed by atoms with Crippen LogP contribution in [0.4, 0.5) is 5.00 Å². The number of nitrogen functional groups attached to an aromatic ring is 1. The number of rotatable bonds is 2. The highest BCUT2D eigenvalue weighted by Gasteiger charge is 2.14. The van der Waals surface area contributed by atoms with Gasteiger partial charge in [-0.1, -0.05) is 0 Å². The second-order valence-corrected chi connectivity index (χ2v) is 4.92. The first-order chi connectivity index (χ1) is 5.45. The molecule has 0 amide bonds. The maximum Gasteiger partial charge on any atom is 0.247 e. The number of nitrogens with two attached hydrogens (primary N) is 2. The van der Waals surface area contributed by atoms with Crippen molar-refractivity contribution < 1.29 is 13.2 Å². The number of hydrogen-bond acceptors (Lipinski definition) is 5. The molecule has 1 rings (SSSR count). The maximum absolute atomic E-state index is 10.7. The highest BCUT2D eigenvalue weighted by atomic mass is 32.2. The fraction of sp³-hybridized carbons (Fsp3) is 0. The van der Waals surface area contributed by atoms with Crippen molar-refractivity contribution >= 4 is 32.6 Å². The zero-order valence-electron chi connectivity index (χ0n) is 5.85. The third-order valence-electron chi connectivity index (χ3n) is 1.18. The van der Waals surface area contributed by atoms with Gasteiger partial charge < -0.3 is 5.73 Å². The van der Waals surface area contributed by atoms with E-state index in [9.17, 15) is 13.2 Å².